The molecule has 4 aliphatic rings. The fourth-order valence-electron chi connectivity index (χ4n) is 13.1. The summed E-state index contributed by atoms with van der Waals surface area (Å²) in [6.45, 7) is 26.7. The van der Waals surface area contributed by atoms with Gasteiger partial charge in [0.2, 0.25) is 0 Å². The van der Waals surface area contributed by atoms with E-state index in [1.165, 1.54) is 114 Å². The highest BCUT2D eigenvalue weighted by Gasteiger charge is 2.58. The van der Waals surface area contributed by atoms with Gasteiger partial charge in [0.05, 0.1) is 13.6 Å². The van der Waals surface area contributed by atoms with Crippen LogP contribution in [-0.2, 0) is 16.2 Å². The van der Waals surface area contributed by atoms with Gasteiger partial charge in [0.1, 0.15) is 0 Å². The lowest BCUT2D eigenvalue weighted by molar-refractivity contribution is 0.195. The van der Waals surface area contributed by atoms with Gasteiger partial charge < -0.3 is 14.7 Å². The number of hydrogen-bond acceptors (Lipinski definition) is 3. The van der Waals surface area contributed by atoms with Crippen LogP contribution in [0.5, 0.6) is 0 Å². The van der Waals surface area contributed by atoms with Crippen LogP contribution in [0.3, 0.4) is 0 Å². The summed E-state index contributed by atoms with van der Waals surface area (Å²) in [6, 6.07) is 68.2. The summed E-state index contributed by atoms with van der Waals surface area (Å²) < 4.78 is 0. The maximum absolute atomic E-state index is 2.82. The highest BCUT2D eigenvalue weighted by Crippen LogP contribution is 2.61. The molecule has 2 atom stereocenters. The van der Waals surface area contributed by atoms with Crippen molar-refractivity contribution in [2.45, 2.75) is 122 Å². The molecule has 1 fully saturated rings. The SMILES string of the molecule is CC(C)(C)c1ccc(N2c3ccc(C(C)(C)C)cc3B3c4cc(-c5ccccc5)ccc4N(c4ccc(-c5ccccc5)cc4)c4cc(N5c6ccc([Si](C)(C)C)cc6C6(C)CCCCC56C)cc2c43)cc1. The van der Waals surface area contributed by atoms with Gasteiger partial charge in [0, 0.05) is 50.9 Å². The van der Waals surface area contributed by atoms with Crippen molar-refractivity contribution in [3.05, 3.63) is 193 Å². The van der Waals surface area contributed by atoms with E-state index in [4.69, 9.17) is 0 Å². The van der Waals surface area contributed by atoms with E-state index < -0.39 is 8.07 Å². The zero-order valence-electron chi connectivity index (χ0n) is 44.5. The van der Waals surface area contributed by atoms with E-state index >= 15 is 0 Å². The van der Waals surface area contributed by atoms with Crippen molar-refractivity contribution in [2.75, 3.05) is 14.7 Å². The molecule has 72 heavy (non-hydrogen) atoms. The van der Waals surface area contributed by atoms with Gasteiger partial charge in [-0.2, -0.15) is 0 Å². The van der Waals surface area contributed by atoms with Gasteiger partial charge in [-0.3, -0.25) is 0 Å². The summed E-state index contributed by atoms with van der Waals surface area (Å²) in [5, 5.41) is 1.55. The first kappa shape index (κ1) is 46.5. The molecule has 0 bridgehead atoms. The van der Waals surface area contributed by atoms with Crippen molar-refractivity contribution in [2.24, 2.45) is 0 Å². The second kappa shape index (κ2) is 16.5. The quantitative estimate of drug-likeness (QED) is 0.154. The molecule has 360 valence electrons. The predicted molar refractivity (Wildman–Crippen MR) is 315 cm³/mol. The van der Waals surface area contributed by atoms with Gasteiger partial charge in [-0.1, -0.05) is 207 Å². The van der Waals surface area contributed by atoms with E-state index in [-0.39, 0.29) is 28.5 Å². The van der Waals surface area contributed by atoms with Crippen LogP contribution in [0, 0.1) is 0 Å². The van der Waals surface area contributed by atoms with Crippen molar-refractivity contribution in [1.29, 1.82) is 0 Å². The van der Waals surface area contributed by atoms with Crippen LogP contribution in [0.25, 0.3) is 22.3 Å². The molecule has 2 unspecified atom stereocenters. The van der Waals surface area contributed by atoms with Crippen LogP contribution < -0.4 is 36.3 Å². The first-order chi connectivity index (χ1) is 34.3. The molecular weight excluding hydrogens is 886 g/mol. The average molecular weight is 956 g/mol. The largest absolute Gasteiger partial charge is 0.334 e. The molecular formula is C67H70BN3Si. The topological polar surface area (TPSA) is 9.72 Å². The van der Waals surface area contributed by atoms with Crippen molar-refractivity contribution >= 4 is 81.9 Å². The lowest BCUT2D eigenvalue weighted by Gasteiger charge is -2.51. The van der Waals surface area contributed by atoms with Crippen molar-refractivity contribution < 1.29 is 0 Å². The fraction of sp³-hybridized carbons (Fsp3) is 0.284. The maximum Gasteiger partial charge on any atom is 0.252 e. The minimum Gasteiger partial charge on any atom is -0.334 e. The Morgan fingerprint density at radius 1 is 0.444 bits per heavy atom. The Morgan fingerprint density at radius 2 is 0.931 bits per heavy atom. The molecule has 3 heterocycles. The van der Waals surface area contributed by atoms with Crippen LogP contribution in [0.1, 0.15) is 97.8 Å². The molecule has 3 aliphatic heterocycles. The highest BCUT2D eigenvalue weighted by molar-refractivity contribution is 7.00. The predicted octanol–water partition coefficient (Wildman–Crippen LogP) is 16.0. The number of nitrogens with zero attached hydrogens (tertiary/aromatic N) is 3. The molecule has 0 amide bonds. The number of benzene rings is 8. The molecule has 8 aromatic carbocycles. The molecule has 8 aromatic rings. The van der Waals surface area contributed by atoms with Gasteiger partial charge in [0.15, 0.2) is 0 Å². The van der Waals surface area contributed by atoms with Crippen molar-refractivity contribution in [3.63, 3.8) is 0 Å². The van der Waals surface area contributed by atoms with Crippen LogP contribution >= 0.6 is 0 Å². The van der Waals surface area contributed by atoms with E-state index in [9.17, 15) is 0 Å². The van der Waals surface area contributed by atoms with Crippen LogP contribution in [0.15, 0.2) is 176 Å². The van der Waals surface area contributed by atoms with E-state index in [0.29, 0.717) is 0 Å². The summed E-state index contributed by atoms with van der Waals surface area (Å²) in [5.41, 5.74) is 23.0. The van der Waals surface area contributed by atoms with E-state index in [2.05, 4.69) is 266 Å². The van der Waals surface area contributed by atoms with Gasteiger partial charge in [-0.25, -0.2) is 0 Å². The van der Waals surface area contributed by atoms with Gasteiger partial charge in [0.25, 0.3) is 6.71 Å². The zero-order valence-corrected chi connectivity index (χ0v) is 45.5. The molecule has 5 heteroatoms. The Bertz CT molecular complexity index is 3400. The molecule has 0 radical (unpaired) electrons. The molecule has 0 spiro atoms. The van der Waals surface area contributed by atoms with Crippen LogP contribution in [-0.4, -0.2) is 20.3 Å². The smallest absolute Gasteiger partial charge is 0.252 e. The molecule has 12 rings (SSSR count). The van der Waals surface area contributed by atoms with Crippen molar-refractivity contribution in [3.8, 4) is 22.3 Å². The zero-order chi connectivity index (χ0) is 50.1. The first-order valence-corrected chi connectivity index (χ1v) is 30.2. The summed E-state index contributed by atoms with van der Waals surface area (Å²) in [6.07, 6.45) is 4.81. The molecule has 1 aliphatic carbocycles. The third kappa shape index (κ3) is 7.27. The Balaban J connectivity index is 1.19. The van der Waals surface area contributed by atoms with Crippen LogP contribution in [0.2, 0.25) is 19.6 Å². The number of rotatable bonds is 6. The standard InChI is InChI=1S/C67H70BN3Si/c1-64(2,3)49-27-32-52(33-28-49)70-60-36-29-50(65(4,5)6)41-57(60)68-56-40-48(46-22-16-13-17-23-46)26-35-59(56)69(51-30-24-47(25-31-51)45-20-14-12-15-21-45)61-42-53(43-62(70)63(61)68)71-58-37-34-54(72(9,10)11)44-55(58)66(7)38-18-19-39-67(66,71)8/h12-17,20-37,40-44H,18-19,38-39H2,1-11H3. The minimum absolute atomic E-state index is 0.00224. The molecule has 3 nitrogen and oxygen atoms in total. The maximum atomic E-state index is 2.82. The monoisotopic (exact) mass is 956 g/mol. The number of anilines is 8. The second-order valence-electron chi connectivity index (χ2n) is 25.0. The van der Waals surface area contributed by atoms with Crippen molar-refractivity contribution in [1.82, 2.24) is 0 Å². The Kier molecular flexibility index (Phi) is 10.6. The van der Waals surface area contributed by atoms with E-state index in [0.717, 1.165) is 12.1 Å². The van der Waals surface area contributed by atoms with E-state index in [1.54, 1.807) is 5.19 Å². The normalized spacial score (nSPS) is 19.1. The molecule has 0 N–H and O–H groups in total. The molecule has 1 saturated carbocycles. The Labute approximate surface area is 431 Å². The average Bonchev–Trinajstić information content (AvgIpc) is 3.58. The Morgan fingerprint density at radius 3 is 1.51 bits per heavy atom. The fourth-order valence-corrected chi connectivity index (χ4v) is 14.3. The minimum atomic E-state index is -1.60. The Hall–Kier alpha value is -6.56. The lowest BCUT2D eigenvalue weighted by atomic mass is 9.33. The number of fused-ring (bicyclic) bond motifs is 7. The van der Waals surface area contributed by atoms with Gasteiger partial charge in [-0.05, 0) is 141 Å². The summed E-state index contributed by atoms with van der Waals surface area (Å²) in [4.78, 5) is 8.07. The third-order valence-electron chi connectivity index (χ3n) is 17.5. The molecule has 0 aromatic heterocycles. The van der Waals surface area contributed by atoms with Crippen LogP contribution in [0.4, 0.5) is 45.5 Å². The summed E-state index contributed by atoms with van der Waals surface area (Å²) in [7, 11) is -1.60. The second-order valence-corrected chi connectivity index (χ2v) is 30.1. The number of hydrogen-bond donors (Lipinski definition) is 0. The van der Waals surface area contributed by atoms with Gasteiger partial charge >= 0.3 is 0 Å². The van der Waals surface area contributed by atoms with E-state index in [1.807, 2.05) is 0 Å². The highest BCUT2D eigenvalue weighted by atomic mass is 28.3. The lowest BCUT2D eigenvalue weighted by Crippen LogP contribution is -2.61. The van der Waals surface area contributed by atoms with Gasteiger partial charge in [-0.15, -0.1) is 0 Å². The third-order valence-corrected chi connectivity index (χ3v) is 19.5. The summed E-state index contributed by atoms with van der Waals surface area (Å²) >= 11 is 0. The summed E-state index contributed by atoms with van der Waals surface area (Å²) in [5.74, 6) is 0. The molecule has 0 saturated heterocycles. The first-order valence-electron chi connectivity index (χ1n) is 26.7.